The standard InChI is InChI=1S/C26H37N3O3S2/c1-4-22-8-5-6-18-28(22)19-7-17-27-26(30)20-29(23-11-9-21(2)10-12-23)34(31,32)25-15-13-24(33-3)14-16-25/h9-16,22H,4-8,17-20H2,1-3H3,(H,27,30). The van der Waals surface area contributed by atoms with Crippen LogP contribution in [0.3, 0.4) is 0 Å². The smallest absolute Gasteiger partial charge is 0.264 e. The molecule has 186 valence electrons. The first-order valence-electron chi connectivity index (χ1n) is 12.1. The van der Waals surface area contributed by atoms with Gasteiger partial charge in [0.05, 0.1) is 10.6 Å². The van der Waals surface area contributed by atoms with Crippen molar-refractivity contribution in [3.8, 4) is 0 Å². The van der Waals surface area contributed by atoms with Crippen LogP contribution in [0.25, 0.3) is 0 Å². The molecule has 1 aliphatic heterocycles. The summed E-state index contributed by atoms with van der Waals surface area (Å²) < 4.78 is 28.2. The normalized spacial score (nSPS) is 16.9. The van der Waals surface area contributed by atoms with E-state index >= 15 is 0 Å². The van der Waals surface area contributed by atoms with Gasteiger partial charge in [-0.3, -0.25) is 9.10 Å². The van der Waals surface area contributed by atoms with Crippen LogP contribution in [0.2, 0.25) is 0 Å². The van der Waals surface area contributed by atoms with Crippen molar-refractivity contribution in [1.29, 1.82) is 0 Å². The molecule has 0 aliphatic carbocycles. The summed E-state index contributed by atoms with van der Waals surface area (Å²) in [5.74, 6) is -0.296. The topological polar surface area (TPSA) is 69.7 Å². The van der Waals surface area contributed by atoms with E-state index in [0.29, 0.717) is 18.3 Å². The molecule has 0 saturated carbocycles. The molecule has 0 aromatic heterocycles. The molecule has 1 unspecified atom stereocenters. The number of nitrogens with one attached hydrogen (secondary N) is 1. The molecule has 8 heteroatoms. The molecule has 1 heterocycles. The van der Waals surface area contributed by atoms with Gasteiger partial charge in [-0.05, 0) is 81.8 Å². The van der Waals surface area contributed by atoms with Gasteiger partial charge in [-0.25, -0.2) is 8.42 Å². The van der Waals surface area contributed by atoms with Gasteiger partial charge in [-0.15, -0.1) is 11.8 Å². The summed E-state index contributed by atoms with van der Waals surface area (Å²) in [6, 6.07) is 14.6. The molecule has 6 nitrogen and oxygen atoms in total. The van der Waals surface area contributed by atoms with Crippen LogP contribution in [0.15, 0.2) is 58.3 Å². The average Bonchev–Trinajstić information content (AvgIpc) is 2.86. The summed E-state index contributed by atoms with van der Waals surface area (Å²) in [6.45, 7) is 6.55. The van der Waals surface area contributed by atoms with Crippen molar-refractivity contribution >= 4 is 33.4 Å². The molecule has 0 bridgehead atoms. The number of carbonyl (C=O) groups is 1. The number of hydrogen-bond acceptors (Lipinski definition) is 5. The lowest BCUT2D eigenvalue weighted by molar-refractivity contribution is -0.119. The minimum absolute atomic E-state index is 0.175. The largest absolute Gasteiger partial charge is 0.354 e. The minimum Gasteiger partial charge on any atom is -0.354 e. The van der Waals surface area contributed by atoms with Gasteiger partial charge in [-0.1, -0.05) is 31.0 Å². The molecule has 2 aromatic carbocycles. The number of thioether (sulfide) groups is 1. The van der Waals surface area contributed by atoms with Crippen molar-refractivity contribution in [2.45, 2.75) is 61.8 Å². The lowest BCUT2D eigenvalue weighted by atomic mass is 10.00. The van der Waals surface area contributed by atoms with E-state index in [0.717, 1.165) is 36.4 Å². The van der Waals surface area contributed by atoms with Crippen LogP contribution in [0.5, 0.6) is 0 Å². The SMILES string of the molecule is CCC1CCCCN1CCCNC(=O)CN(c1ccc(C)cc1)S(=O)(=O)c1ccc(SC)cc1. The highest BCUT2D eigenvalue weighted by molar-refractivity contribution is 7.98. The number of benzene rings is 2. The fourth-order valence-corrected chi connectivity index (χ4v) is 6.24. The van der Waals surface area contributed by atoms with E-state index in [1.165, 1.54) is 23.6 Å². The minimum atomic E-state index is -3.89. The van der Waals surface area contributed by atoms with Crippen LogP contribution in [-0.4, -0.2) is 57.7 Å². The zero-order valence-corrected chi connectivity index (χ0v) is 22.1. The van der Waals surface area contributed by atoms with E-state index in [4.69, 9.17) is 0 Å². The van der Waals surface area contributed by atoms with Crippen molar-refractivity contribution < 1.29 is 13.2 Å². The number of piperidine rings is 1. The Morgan fingerprint density at radius 1 is 1.12 bits per heavy atom. The number of hydrogen-bond donors (Lipinski definition) is 1. The highest BCUT2D eigenvalue weighted by Gasteiger charge is 2.27. The molecular weight excluding hydrogens is 466 g/mol. The number of likely N-dealkylation sites (tertiary alicyclic amines) is 1. The number of anilines is 1. The third-order valence-corrected chi connectivity index (χ3v) is 8.95. The number of nitrogens with zero attached hydrogens (tertiary/aromatic N) is 2. The van der Waals surface area contributed by atoms with Crippen molar-refractivity contribution in [2.24, 2.45) is 0 Å². The van der Waals surface area contributed by atoms with E-state index in [1.807, 2.05) is 25.3 Å². The second kappa shape index (κ2) is 12.6. The second-order valence-corrected chi connectivity index (χ2v) is 11.6. The van der Waals surface area contributed by atoms with Gasteiger partial charge < -0.3 is 10.2 Å². The van der Waals surface area contributed by atoms with Gasteiger partial charge >= 0.3 is 0 Å². The van der Waals surface area contributed by atoms with Gasteiger partial charge in [0.25, 0.3) is 10.0 Å². The molecule has 3 rings (SSSR count). The average molecular weight is 504 g/mol. The quantitative estimate of drug-likeness (QED) is 0.356. The molecule has 1 fully saturated rings. The molecule has 0 spiro atoms. The Hall–Kier alpha value is -2.03. The first-order valence-corrected chi connectivity index (χ1v) is 14.8. The summed E-state index contributed by atoms with van der Waals surface area (Å²) >= 11 is 1.55. The first-order chi connectivity index (χ1) is 16.3. The van der Waals surface area contributed by atoms with Crippen molar-refractivity contribution in [2.75, 3.05) is 36.7 Å². The van der Waals surface area contributed by atoms with Gasteiger partial charge in [-0.2, -0.15) is 0 Å². The zero-order valence-electron chi connectivity index (χ0n) is 20.5. The van der Waals surface area contributed by atoms with Crippen LogP contribution in [0, 0.1) is 6.92 Å². The maximum atomic E-state index is 13.5. The lowest BCUT2D eigenvalue weighted by Crippen LogP contribution is -2.43. The van der Waals surface area contributed by atoms with Crippen LogP contribution < -0.4 is 9.62 Å². The van der Waals surface area contributed by atoms with Crippen molar-refractivity contribution in [1.82, 2.24) is 10.2 Å². The predicted octanol–water partition coefficient (Wildman–Crippen LogP) is 4.68. The van der Waals surface area contributed by atoms with E-state index in [-0.39, 0.29) is 17.3 Å². The molecule has 0 radical (unpaired) electrons. The highest BCUT2D eigenvalue weighted by atomic mass is 32.2. The number of amides is 1. The summed E-state index contributed by atoms with van der Waals surface area (Å²) in [4.78, 5) is 16.5. The van der Waals surface area contributed by atoms with Gasteiger partial charge in [0.15, 0.2) is 0 Å². The van der Waals surface area contributed by atoms with Crippen LogP contribution in [0.1, 0.15) is 44.6 Å². The number of sulfonamides is 1. The van der Waals surface area contributed by atoms with Crippen molar-refractivity contribution in [3.05, 3.63) is 54.1 Å². The van der Waals surface area contributed by atoms with Crippen LogP contribution >= 0.6 is 11.8 Å². The third-order valence-electron chi connectivity index (χ3n) is 6.42. The van der Waals surface area contributed by atoms with Gasteiger partial charge in [0, 0.05) is 24.0 Å². The molecule has 1 N–H and O–H groups in total. The fourth-order valence-electron chi connectivity index (χ4n) is 4.41. The Bertz CT molecular complexity index is 1020. The molecule has 1 aliphatic rings. The Balaban J connectivity index is 1.66. The summed E-state index contributed by atoms with van der Waals surface area (Å²) in [5, 5.41) is 2.93. The molecule has 1 atom stereocenters. The Morgan fingerprint density at radius 3 is 2.47 bits per heavy atom. The molecule has 1 saturated heterocycles. The van der Waals surface area contributed by atoms with E-state index in [2.05, 4.69) is 17.1 Å². The lowest BCUT2D eigenvalue weighted by Gasteiger charge is -2.35. The molecular formula is C26H37N3O3S2. The van der Waals surface area contributed by atoms with Gasteiger partial charge in [0.1, 0.15) is 6.54 Å². The highest BCUT2D eigenvalue weighted by Crippen LogP contribution is 2.26. The molecule has 1 amide bonds. The maximum Gasteiger partial charge on any atom is 0.264 e. The number of carbonyl (C=O) groups excluding carboxylic acids is 1. The summed E-state index contributed by atoms with van der Waals surface area (Å²) in [6.07, 6.45) is 7.76. The first kappa shape index (κ1) is 26.6. The monoisotopic (exact) mass is 503 g/mol. The third kappa shape index (κ3) is 6.99. The van der Waals surface area contributed by atoms with Gasteiger partial charge in [0.2, 0.25) is 5.91 Å². The van der Waals surface area contributed by atoms with E-state index in [1.54, 1.807) is 48.2 Å². The van der Waals surface area contributed by atoms with Crippen molar-refractivity contribution in [3.63, 3.8) is 0 Å². The summed E-state index contributed by atoms with van der Waals surface area (Å²) in [7, 11) is -3.89. The number of rotatable bonds is 11. The second-order valence-electron chi connectivity index (χ2n) is 8.82. The molecule has 34 heavy (non-hydrogen) atoms. The maximum absolute atomic E-state index is 13.5. The zero-order chi connectivity index (χ0) is 24.6. The Morgan fingerprint density at radius 2 is 1.82 bits per heavy atom. The van der Waals surface area contributed by atoms with E-state index < -0.39 is 10.0 Å². The van der Waals surface area contributed by atoms with E-state index in [9.17, 15) is 13.2 Å². The summed E-state index contributed by atoms with van der Waals surface area (Å²) in [5.41, 5.74) is 1.51. The number of aryl methyl sites for hydroxylation is 1. The molecule has 2 aromatic rings. The van der Waals surface area contributed by atoms with Crippen LogP contribution in [-0.2, 0) is 14.8 Å². The Labute approximate surface area is 209 Å². The Kier molecular flexibility index (Phi) is 9.85. The predicted molar refractivity (Wildman–Crippen MR) is 141 cm³/mol. The van der Waals surface area contributed by atoms with Crippen LogP contribution in [0.4, 0.5) is 5.69 Å². The fraction of sp³-hybridized carbons (Fsp3) is 0.500.